The Balaban J connectivity index is 2.41. The first-order valence-corrected chi connectivity index (χ1v) is 6.82. The van der Waals surface area contributed by atoms with Crippen molar-refractivity contribution in [1.29, 1.82) is 0 Å². The van der Waals surface area contributed by atoms with E-state index in [-0.39, 0.29) is 23.1 Å². The van der Waals surface area contributed by atoms with Gasteiger partial charge in [0, 0.05) is 25.5 Å². The summed E-state index contributed by atoms with van der Waals surface area (Å²) in [6.07, 6.45) is 2.91. The molecule has 2 aromatic rings. The summed E-state index contributed by atoms with van der Waals surface area (Å²) in [7, 11) is 2.89. The van der Waals surface area contributed by atoms with Gasteiger partial charge in [-0.3, -0.25) is 15.1 Å². The molecule has 0 radical (unpaired) electrons. The van der Waals surface area contributed by atoms with E-state index >= 15 is 0 Å². The number of nitrogens with zero attached hydrogens (tertiary/aromatic N) is 4. The van der Waals surface area contributed by atoms with Gasteiger partial charge in [-0.05, 0) is 19.1 Å². The summed E-state index contributed by atoms with van der Waals surface area (Å²) >= 11 is 0. The fourth-order valence-corrected chi connectivity index (χ4v) is 2.09. The predicted molar refractivity (Wildman–Crippen MR) is 83.3 cm³/mol. The number of rotatable bonds is 5. The summed E-state index contributed by atoms with van der Waals surface area (Å²) in [6.45, 7) is 1.86. The van der Waals surface area contributed by atoms with Crippen LogP contribution in [0, 0.1) is 10.1 Å². The fourth-order valence-electron chi connectivity index (χ4n) is 2.09. The van der Waals surface area contributed by atoms with Crippen LogP contribution < -0.4 is 4.90 Å². The Morgan fingerprint density at radius 2 is 2.13 bits per heavy atom. The molecule has 0 fully saturated rings. The molecule has 8 heteroatoms. The number of esters is 1. The molecule has 0 unspecified atom stereocenters. The van der Waals surface area contributed by atoms with Crippen molar-refractivity contribution in [2.75, 3.05) is 19.1 Å². The van der Waals surface area contributed by atoms with E-state index in [1.165, 1.54) is 13.3 Å². The summed E-state index contributed by atoms with van der Waals surface area (Å²) in [5, 5.41) is 11.3. The number of aromatic nitrogens is 2. The molecule has 2 aromatic heterocycles. The van der Waals surface area contributed by atoms with Crippen LogP contribution >= 0.6 is 0 Å². The highest BCUT2D eigenvalue weighted by Gasteiger charge is 2.25. The number of carbonyl (C=O) groups is 1. The highest BCUT2D eigenvalue weighted by atomic mass is 16.6. The minimum Gasteiger partial charge on any atom is -0.465 e. The standard InChI is InChI=1S/C15H16N4O4/c1-10(12-6-4-5-7-16-12)18(2)14-13(19(21)22)8-11(9-17-14)15(20)23-3/h4-10H,1-3H3/t10-/m1/s1. The van der Waals surface area contributed by atoms with Crippen molar-refractivity contribution in [2.24, 2.45) is 0 Å². The normalized spacial score (nSPS) is 11.6. The van der Waals surface area contributed by atoms with Crippen LogP contribution in [0.2, 0.25) is 0 Å². The van der Waals surface area contributed by atoms with E-state index in [1.54, 1.807) is 24.2 Å². The van der Waals surface area contributed by atoms with E-state index in [9.17, 15) is 14.9 Å². The fraction of sp³-hybridized carbons (Fsp3) is 0.267. The number of nitro groups is 1. The molecule has 2 heterocycles. The summed E-state index contributed by atoms with van der Waals surface area (Å²) in [6, 6.07) is 6.40. The lowest BCUT2D eigenvalue weighted by Gasteiger charge is -2.25. The summed E-state index contributed by atoms with van der Waals surface area (Å²) < 4.78 is 4.56. The van der Waals surface area contributed by atoms with Gasteiger partial charge < -0.3 is 9.64 Å². The third-order valence-corrected chi connectivity index (χ3v) is 3.50. The summed E-state index contributed by atoms with van der Waals surface area (Å²) in [4.78, 5) is 32.2. The molecule has 0 amide bonds. The molecule has 0 aliphatic heterocycles. The van der Waals surface area contributed by atoms with E-state index in [0.717, 1.165) is 11.8 Å². The number of ether oxygens (including phenoxy) is 1. The van der Waals surface area contributed by atoms with Gasteiger partial charge in [0.05, 0.1) is 29.3 Å². The zero-order valence-electron chi connectivity index (χ0n) is 13.0. The van der Waals surface area contributed by atoms with Crippen molar-refractivity contribution < 1.29 is 14.5 Å². The van der Waals surface area contributed by atoms with Crippen LogP contribution in [0.15, 0.2) is 36.7 Å². The van der Waals surface area contributed by atoms with Gasteiger partial charge in [-0.15, -0.1) is 0 Å². The maximum atomic E-state index is 11.5. The molecule has 0 spiro atoms. The van der Waals surface area contributed by atoms with Crippen LogP contribution in [0.25, 0.3) is 0 Å². The lowest BCUT2D eigenvalue weighted by Crippen LogP contribution is -2.24. The van der Waals surface area contributed by atoms with Gasteiger partial charge in [0.25, 0.3) is 0 Å². The van der Waals surface area contributed by atoms with Crippen molar-refractivity contribution in [3.8, 4) is 0 Å². The predicted octanol–water partition coefficient (Wildman–Crippen LogP) is 2.37. The summed E-state index contributed by atoms with van der Waals surface area (Å²) in [5.41, 5.74) is 0.517. The van der Waals surface area contributed by atoms with Gasteiger partial charge in [0.2, 0.25) is 5.82 Å². The topological polar surface area (TPSA) is 98.5 Å². The third-order valence-electron chi connectivity index (χ3n) is 3.50. The molecule has 120 valence electrons. The second-order valence-electron chi connectivity index (χ2n) is 4.86. The molecule has 1 atom stereocenters. The first-order valence-electron chi connectivity index (χ1n) is 6.82. The van der Waals surface area contributed by atoms with E-state index in [2.05, 4.69) is 14.7 Å². The van der Waals surface area contributed by atoms with Crippen molar-refractivity contribution in [1.82, 2.24) is 9.97 Å². The first kappa shape index (κ1) is 16.3. The number of pyridine rings is 2. The SMILES string of the molecule is COC(=O)c1cnc(N(C)[C@H](C)c2ccccn2)c([N+](=O)[O-])c1. The van der Waals surface area contributed by atoms with Gasteiger partial charge in [-0.25, -0.2) is 9.78 Å². The maximum Gasteiger partial charge on any atom is 0.339 e. The molecular formula is C15H16N4O4. The molecule has 0 N–H and O–H groups in total. The van der Waals surface area contributed by atoms with Crippen molar-refractivity contribution >= 4 is 17.5 Å². The molecule has 0 aromatic carbocycles. The van der Waals surface area contributed by atoms with Gasteiger partial charge in [-0.2, -0.15) is 0 Å². The molecular weight excluding hydrogens is 300 g/mol. The minimum absolute atomic E-state index is 0.0295. The van der Waals surface area contributed by atoms with Crippen LogP contribution in [-0.2, 0) is 4.74 Å². The quantitative estimate of drug-likeness (QED) is 0.474. The molecule has 0 bridgehead atoms. The second-order valence-corrected chi connectivity index (χ2v) is 4.86. The minimum atomic E-state index is -0.674. The molecule has 2 rings (SSSR count). The van der Waals surface area contributed by atoms with Gasteiger partial charge in [0.15, 0.2) is 0 Å². The summed E-state index contributed by atoms with van der Waals surface area (Å²) in [5.74, 6) is -0.520. The Bertz CT molecular complexity index is 721. The monoisotopic (exact) mass is 316 g/mol. The molecule has 0 saturated carbocycles. The largest absolute Gasteiger partial charge is 0.465 e. The molecule has 0 saturated heterocycles. The van der Waals surface area contributed by atoms with E-state index in [1.807, 2.05) is 19.1 Å². The van der Waals surface area contributed by atoms with Crippen LogP contribution in [0.5, 0.6) is 0 Å². The Morgan fingerprint density at radius 3 is 2.70 bits per heavy atom. The lowest BCUT2D eigenvalue weighted by molar-refractivity contribution is -0.384. The smallest absolute Gasteiger partial charge is 0.339 e. The highest BCUT2D eigenvalue weighted by Crippen LogP contribution is 2.31. The number of hydrogen-bond acceptors (Lipinski definition) is 7. The zero-order chi connectivity index (χ0) is 17.0. The van der Waals surface area contributed by atoms with E-state index < -0.39 is 10.9 Å². The lowest BCUT2D eigenvalue weighted by atomic mass is 10.1. The Morgan fingerprint density at radius 1 is 1.39 bits per heavy atom. The Kier molecular flexibility index (Phi) is 4.85. The van der Waals surface area contributed by atoms with Crippen LogP contribution in [0.3, 0.4) is 0 Å². The van der Waals surface area contributed by atoms with Gasteiger partial charge in [0.1, 0.15) is 0 Å². The van der Waals surface area contributed by atoms with Crippen LogP contribution in [0.4, 0.5) is 11.5 Å². The number of anilines is 1. The van der Waals surface area contributed by atoms with Crippen molar-refractivity contribution in [3.05, 3.63) is 58.0 Å². The van der Waals surface area contributed by atoms with Gasteiger partial charge in [-0.1, -0.05) is 6.07 Å². The Labute approximate surface area is 132 Å². The van der Waals surface area contributed by atoms with E-state index in [4.69, 9.17) is 0 Å². The van der Waals surface area contributed by atoms with Gasteiger partial charge >= 0.3 is 11.7 Å². The van der Waals surface area contributed by atoms with Crippen LogP contribution in [0.1, 0.15) is 29.0 Å². The zero-order valence-corrected chi connectivity index (χ0v) is 13.0. The van der Waals surface area contributed by atoms with E-state index in [0.29, 0.717) is 0 Å². The van der Waals surface area contributed by atoms with Crippen molar-refractivity contribution in [2.45, 2.75) is 13.0 Å². The molecule has 23 heavy (non-hydrogen) atoms. The highest BCUT2D eigenvalue weighted by molar-refractivity contribution is 5.90. The number of hydrogen-bond donors (Lipinski definition) is 0. The molecule has 8 nitrogen and oxygen atoms in total. The second kappa shape index (κ2) is 6.82. The maximum absolute atomic E-state index is 11.5. The number of carbonyl (C=O) groups excluding carboxylic acids is 1. The average molecular weight is 316 g/mol. The average Bonchev–Trinajstić information content (AvgIpc) is 2.59. The molecule has 0 aliphatic carbocycles. The first-order chi connectivity index (χ1) is 11.0. The molecule has 0 aliphatic rings. The third kappa shape index (κ3) is 3.42. The Hall–Kier alpha value is -3.03. The number of methoxy groups -OCH3 is 1. The van der Waals surface area contributed by atoms with Crippen molar-refractivity contribution in [3.63, 3.8) is 0 Å². The van der Waals surface area contributed by atoms with Crippen LogP contribution in [-0.4, -0.2) is 35.0 Å².